The molecule has 1 saturated heterocycles. The van der Waals surface area contributed by atoms with Crippen molar-refractivity contribution >= 4 is 5.91 Å². The van der Waals surface area contributed by atoms with Gasteiger partial charge in [-0.15, -0.1) is 0 Å². The average molecular weight is 240 g/mol. The van der Waals surface area contributed by atoms with E-state index in [4.69, 9.17) is 4.74 Å². The molecule has 0 radical (unpaired) electrons. The summed E-state index contributed by atoms with van der Waals surface area (Å²) in [6, 6.07) is 0.00137. The van der Waals surface area contributed by atoms with E-state index in [0.717, 1.165) is 13.0 Å². The zero-order valence-corrected chi connectivity index (χ0v) is 10.7. The van der Waals surface area contributed by atoms with Gasteiger partial charge in [-0.05, 0) is 31.7 Å². The van der Waals surface area contributed by atoms with E-state index >= 15 is 0 Å². The van der Waals surface area contributed by atoms with Gasteiger partial charge in [0.1, 0.15) is 0 Å². The third-order valence-corrected chi connectivity index (χ3v) is 3.87. The SMILES string of the molecule is CC1CCNC1C(=O)NCCOC1CCCC1. The van der Waals surface area contributed by atoms with Crippen LogP contribution in [0, 0.1) is 5.92 Å². The first-order chi connectivity index (χ1) is 8.27. The molecule has 0 aromatic rings. The summed E-state index contributed by atoms with van der Waals surface area (Å²) in [5, 5.41) is 6.19. The number of hydrogen-bond acceptors (Lipinski definition) is 3. The number of rotatable bonds is 5. The third kappa shape index (κ3) is 3.68. The first-order valence-corrected chi connectivity index (χ1v) is 6.90. The molecule has 0 bridgehead atoms. The van der Waals surface area contributed by atoms with Crippen molar-refractivity contribution in [2.45, 2.75) is 51.2 Å². The highest BCUT2D eigenvalue weighted by atomic mass is 16.5. The molecule has 4 heteroatoms. The van der Waals surface area contributed by atoms with Gasteiger partial charge in [-0.2, -0.15) is 0 Å². The van der Waals surface area contributed by atoms with Gasteiger partial charge in [0.15, 0.2) is 0 Å². The molecule has 0 aromatic carbocycles. The van der Waals surface area contributed by atoms with Gasteiger partial charge >= 0.3 is 0 Å². The van der Waals surface area contributed by atoms with Gasteiger partial charge in [-0.25, -0.2) is 0 Å². The highest BCUT2D eigenvalue weighted by molar-refractivity contribution is 5.82. The van der Waals surface area contributed by atoms with Gasteiger partial charge in [0, 0.05) is 6.54 Å². The van der Waals surface area contributed by atoms with Gasteiger partial charge in [-0.1, -0.05) is 19.8 Å². The van der Waals surface area contributed by atoms with Crippen molar-refractivity contribution in [2.75, 3.05) is 19.7 Å². The van der Waals surface area contributed by atoms with Crippen molar-refractivity contribution < 1.29 is 9.53 Å². The molecule has 1 amide bonds. The molecule has 2 fully saturated rings. The van der Waals surface area contributed by atoms with Crippen LogP contribution in [-0.4, -0.2) is 37.7 Å². The molecule has 1 heterocycles. The van der Waals surface area contributed by atoms with Crippen molar-refractivity contribution in [3.8, 4) is 0 Å². The zero-order chi connectivity index (χ0) is 12.1. The Balaban J connectivity index is 1.56. The summed E-state index contributed by atoms with van der Waals surface area (Å²) >= 11 is 0. The summed E-state index contributed by atoms with van der Waals surface area (Å²) in [5.74, 6) is 0.579. The Kier molecular flexibility index (Phi) is 4.80. The lowest BCUT2D eigenvalue weighted by Gasteiger charge is -2.16. The molecule has 1 saturated carbocycles. The van der Waals surface area contributed by atoms with Gasteiger partial charge in [0.2, 0.25) is 5.91 Å². The quantitative estimate of drug-likeness (QED) is 0.707. The lowest BCUT2D eigenvalue weighted by Crippen LogP contribution is -2.44. The molecule has 2 aliphatic rings. The maximum Gasteiger partial charge on any atom is 0.237 e. The minimum atomic E-state index is 0.00137. The normalized spacial score (nSPS) is 29.7. The van der Waals surface area contributed by atoms with Crippen LogP contribution < -0.4 is 10.6 Å². The summed E-state index contributed by atoms with van der Waals surface area (Å²) in [6.07, 6.45) is 6.50. The van der Waals surface area contributed by atoms with Crippen LogP contribution in [0.5, 0.6) is 0 Å². The van der Waals surface area contributed by atoms with E-state index in [1.807, 2.05) is 0 Å². The van der Waals surface area contributed by atoms with Crippen molar-refractivity contribution in [2.24, 2.45) is 5.92 Å². The van der Waals surface area contributed by atoms with E-state index in [-0.39, 0.29) is 11.9 Å². The van der Waals surface area contributed by atoms with Crippen LogP contribution in [0.1, 0.15) is 39.0 Å². The van der Waals surface area contributed by atoms with Gasteiger partial charge < -0.3 is 15.4 Å². The van der Waals surface area contributed by atoms with Gasteiger partial charge in [-0.3, -0.25) is 4.79 Å². The van der Waals surface area contributed by atoms with Gasteiger partial charge in [0.25, 0.3) is 0 Å². The minimum absolute atomic E-state index is 0.00137. The molecule has 0 spiro atoms. The molecule has 2 N–H and O–H groups in total. The van der Waals surface area contributed by atoms with E-state index < -0.39 is 0 Å². The standard InChI is InChI=1S/C13H24N2O2/c1-10-6-7-14-12(10)13(16)15-8-9-17-11-4-2-3-5-11/h10-12,14H,2-9H2,1H3,(H,15,16). The second-order valence-electron chi connectivity index (χ2n) is 5.27. The molecule has 4 nitrogen and oxygen atoms in total. The predicted octanol–water partition coefficient (Wildman–Crippen LogP) is 1.06. The first kappa shape index (κ1) is 12.8. The van der Waals surface area contributed by atoms with E-state index in [0.29, 0.717) is 25.2 Å². The predicted molar refractivity (Wildman–Crippen MR) is 66.8 cm³/mol. The summed E-state index contributed by atoms with van der Waals surface area (Å²) < 4.78 is 5.71. The topological polar surface area (TPSA) is 50.4 Å². The van der Waals surface area contributed by atoms with Crippen LogP contribution in [0.3, 0.4) is 0 Å². The molecule has 1 aliphatic carbocycles. The highest BCUT2D eigenvalue weighted by Crippen LogP contribution is 2.20. The van der Waals surface area contributed by atoms with E-state index in [1.54, 1.807) is 0 Å². The Morgan fingerprint density at radius 2 is 2.12 bits per heavy atom. The summed E-state index contributed by atoms with van der Waals surface area (Å²) in [7, 11) is 0. The molecule has 2 rings (SSSR count). The van der Waals surface area contributed by atoms with Crippen molar-refractivity contribution in [3.63, 3.8) is 0 Å². The number of ether oxygens (including phenoxy) is 1. The second kappa shape index (κ2) is 6.36. The van der Waals surface area contributed by atoms with Gasteiger partial charge in [0.05, 0.1) is 18.8 Å². The fourth-order valence-corrected chi connectivity index (χ4v) is 2.75. The number of amides is 1. The van der Waals surface area contributed by atoms with Crippen LogP contribution in [0.4, 0.5) is 0 Å². The molecule has 2 unspecified atom stereocenters. The Morgan fingerprint density at radius 3 is 2.76 bits per heavy atom. The first-order valence-electron chi connectivity index (χ1n) is 6.90. The fourth-order valence-electron chi connectivity index (χ4n) is 2.75. The Hall–Kier alpha value is -0.610. The van der Waals surface area contributed by atoms with Crippen LogP contribution in [-0.2, 0) is 9.53 Å². The third-order valence-electron chi connectivity index (χ3n) is 3.87. The van der Waals surface area contributed by atoms with Crippen LogP contribution >= 0.6 is 0 Å². The molecule has 0 aromatic heterocycles. The van der Waals surface area contributed by atoms with Crippen LogP contribution in [0.15, 0.2) is 0 Å². The Labute approximate surface area is 103 Å². The van der Waals surface area contributed by atoms with Crippen molar-refractivity contribution in [1.82, 2.24) is 10.6 Å². The Bertz CT molecular complexity index is 252. The summed E-state index contributed by atoms with van der Waals surface area (Å²) in [5.41, 5.74) is 0. The molecular formula is C13H24N2O2. The minimum Gasteiger partial charge on any atom is -0.376 e. The van der Waals surface area contributed by atoms with E-state index in [9.17, 15) is 4.79 Å². The zero-order valence-electron chi connectivity index (χ0n) is 10.7. The fraction of sp³-hybridized carbons (Fsp3) is 0.923. The van der Waals surface area contributed by atoms with E-state index in [1.165, 1.54) is 25.7 Å². The maximum atomic E-state index is 11.8. The lowest BCUT2D eigenvalue weighted by atomic mass is 10.0. The largest absolute Gasteiger partial charge is 0.376 e. The molecular weight excluding hydrogens is 216 g/mol. The molecule has 1 aliphatic heterocycles. The van der Waals surface area contributed by atoms with Crippen molar-refractivity contribution in [1.29, 1.82) is 0 Å². The smallest absolute Gasteiger partial charge is 0.237 e. The average Bonchev–Trinajstić information content (AvgIpc) is 2.95. The van der Waals surface area contributed by atoms with Crippen LogP contribution in [0.25, 0.3) is 0 Å². The van der Waals surface area contributed by atoms with E-state index in [2.05, 4.69) is 17.6 Å². The lowest BCUT2D eigenvalue weighted by molar-refractivity contribution is -0.123. The van der Waals surface area contributed by atoms with Crippen molar-refractivity contribution in [3.05, 3.63) is 0 Å². The summed E-state index contributed by atoms with van der Waals surface area (Å²) in [6.45, 7) is 4.37. The molecule has 98 valence electrons. The maximum absolute atomic E-state index is 11.8. The molecule has 17 heavy (non-hydrogen) atoms. The second-order valence-corrected chi connectivity index (χ2v) is 5.27. The number of carbonyl (C=O) groups excluding carboxylic acids is 1. The summed E-state index contributed by atoms with van der Waals surface area (Å²) in [4.78, 5) is 11.8. The number of nitrogens with one attached hydrogen (secondary N) is 2. The number of hydrogen-bond donors (Lipinski definition) is 2. The Morgan fingerprint density at radius 1 is 1.35 bits per heavy atom. The molecule has 2 atom stereocenters. The van der Waals surface area contributed by atoms with Crippen LogP contribution in [0.2, 0.25) is 0 Å². The monoisotopic (exact) mass is 240 g/mol. The number of carbonyl (C=O) groups is 1. The highest BCUT2D eigenvalue weighted by Gasteiger charge is 2.28.